The average molecular weight is 533 g/mol. The van der Waals surface area contributed by atoms with E-state index in [-0.39, 0.29) is 16.5 Å². The van der Waals surface area contributed by atoms with Gasteiger partial charge in [0.2, 0.25) is 0 Å². The summed E-state index contributed by atoms with van der Waals surface area (Å²) in [4.78, 5) is 32.6. The molecule has 9 heteroatoms. The minimum absolute atomic E-state index is 0.0756. The Balaban J connectivity index is 1.68. The summed E-state index contributed by atoms with van der Waals surface area (Å²) in [6.07, 6.45) is 1.85. The highest BCUT2D eigenvalue weighted by Crippen LogP contribution is 2.45. The number of ether oxygens (including phenoxy) is 2. The van der Waals surface area contributed by atoms with Gasteiger partial charge in [-0.05, 0) is 42.3 Å². The van der Waals surface area contributed by atoms with Crippen LogP contribution in [0.25, 0.3) is 16.0 Å². The van der Waals surface area contributed by atoms with Gasteiger partial charge in [-0.15, -0.1) is 0 Å². The number of benzene rings is 3. The van der Waals surface area contributed by atoms with Gasteiger partial charge in [-0.1, -0.05) is 61.1 Å². The molecule has 0 bridgehead atoms. The van der Waals surface area contributed by atoms with Gasteiger partial charge in [0.15, 0.2) is 16.6 Å². The van der Waals surface area contributed by atoms with E-state index in [0.717, 1.165) is 24.2 Å². The standard InChI is InChI=1S/C29H25FN2O5S/c1-3-4-14-37-21-13-10-18(15-22(21)36-2)25-24(26(33)17-8-6-5-7-9-17)27(34)28(35)32(25)29-31-20-12-11-19(30)16-23(20)38-29/h5-13,15-16,25,33H,3-4,14H2,1-2H3/b26-24+. The zero-order valence-electron chi connectivity index (χ0n) is 20.8. The van der Waals surface area contributed by atoms with Gasteiger partial charge in [-0.25, -0.2) is 9.37 Å². The van der Waals surface area contributed by atoms with Crippen LogP contribution in [0.5, 0.6) is 11.5 Å². The Morgan fingerprint density at radius 3 is 2.61 bits per heavy atom. The van der Waals surface area contributed by atoms with Crippen LogP contribution in [-0.4, -0.2) is 35.5 Å². The highest BCUT2D eigenvalue weighted by Gasteiger charge is 2.48. The molecular weight excluding hydrogens is 507 g/mol. The number of methoxy groups -OCH3 is 1. The fourth-order valence-corrected chi connectivity index (χ4v) is 5.40. The molecule has 0 spiro atoms. The smallest absolute Gasteiger partial charge is 0.301 e. The molecule has 1 atom stereocenters. The Bertz CT molecular complexity index is 1550. The number of amides is 1. The van der Waals surface area contributed by atoms with E-state index in [4.69, 9.17) is 9.47 Å². The quantitative estimate of drug-likeness (QED) is 0.125. The average Bonchev–Trinajstić information content (AvgIpc) is 3.46. The first kappa shape index (κ1) is 25.4. The van der Waals surface area contributed by atoms with Crippen LogP contribution in [0.3, 0.4) is 0 Å². The molecule has 1 amide bonds. The summed E-state index contributed by atoms with van der Waals surface area (Å²) >= 11 is 1.09. The lowest BCUT2D eigenvalue weighted by molar-refractivity contribution is -0.132. The third-order valence-electron chi connectivity index (χ3n) is 6.30. The molecule has 0 radical (unpaired) electrons. The molecule has 3 aromatic carbocycles. The van der Waals surface area contributed by atoms with Crippen LogP contribution in [0, 0.1) is 5.82 Å². The first-order valence-electron chi connectivity index (χ1n) is 12.2. The van der Waals surface area contributed by atoms with E-state index >= 15 is 0 Å². The molecule has 5 rings (SSSR count). The van der Waals surface area contributed by atoms with Crippen molar-refractivity contribution in [1.82, 2.24) is 4.98 Å². The molecule has 7 nitrogen and oxygen atoms in total. The highest BCUT2D eigenvalue weighted by atomic mass is 32.1. The minimum Gasteiger partial charge on any atom is -0.507 e. The number of rotatable bonds is 8. The summed E-state index contributed by atoms with van der Waals surface area (Å²) in [5.74, 6) is -1.46. The van der Waals surface area contributed by atoms with Gasteiger partial charge in [0, 0.05) is 5.56 Å². The molecule has 1 aromatic heterocycles. The van der Waals surface area contributed by atoms with E-state index in [2.05, 4.69) is 11.9 Å². The number of nitrogens with zero attached hydrogens (tertiary/aromatic N) is 2. The van der Waals surface area contributed by atoms with Crippen LogP contribution in [0.1, 0.15) is 36.9 Å². The normalized spacial score (nSPS) is 16.8. The molecule has 1 fully saturated rings. The van der Waals surface area contributed by atoms with E-state index in [1.807, 2.05) is 0 Å². The summed E-state index contributed by atoms with van der Waals surface area (Å²) in [5, 5.41) is 11.5. The summed E-state index contributed by atoms with van der Waals surface area (Å²) in [6.45, 7) is 2.58. The second kappa shape index (κ2) is 10.6. The molecular formula is C29H25FN2O5S. The maximum Gasteiger partial charge on any atom is 0.301 e. The van der Waals surface area contributed by atoms with E-state index < -0.39 is 23.5 Å². The maximum atomic E-state index is 13.9. The number of ketones is 1. The number of hydrogen-bond donors (Lipinski definition) is 1. The Morgan fingerprint density at radius 1 is 1.08 bits per heavy atom. The zero-order chi connectivity index (χ0) is 26.8. The molecule has 1 N–H and O–H groups in total. The zero-order valence-corrected chi connectivity index (χ0v) is 21.6. The van der Waals surface area contributed by atoms with Crippen LogP contribution in [0.4, 0.5) is 9.52 Å². The molecule has 1 saturated heterocycles. The number of hydrogen-bond acceptors (Lipinski definition) is 7. The number of aliphatic hydroxyl groups excluding tert-OH is 1. The topological polar surface area (TPSA) is 89.0 Å². The van der Waals surface area contributed by atoms with Gasteiger partial charge in [0.1, 0.15) is 11.6 Å². The summed E-state index contributed by atoms with van der Waals surface area (Å²) in [6, 6.07) is 16.8. The fourth-order valence-electron chi connectivity index (χ4n) is 4.39. The van der Waals surface area contributed by atoms with E-state index in [0.29, 0.717) is 39.4 Å². The van der Waals surface area contributed by atoms with E-state index in [1.165, 1.54) is 30.2 Å². The molecule has 1 unspecified atom stereocenters. The third kappa shape index (κ3) is 4.61. The first-order chi connectivity index (χ1) is 18.4. The molecule has 0 saturated carbocycles. The number of carbonyl (C=O) groups excluding carboxylic acids is 2. The van der Waals surface area contributed by atoms with Gasteiger partial charge in [0.05, 0.1) is 35.5 Å². The Hall–Kier alpha value is -4.24. The summed E-state index contributed by atoms with van der Waals surface area (Å²) in [5.41, 5.74) is 1.33. The molecule has 2 heterocycles. The summed E-state index contributed by atoms with van der Waals surface area (Å²) < 4.78 is 25.8. The van der Waals surface area contributed by atoms with Gasteiger partial charge in [-0.2, -0.15) is 0 Å². The first-order valence-corrected chi connectivity index (χ1v) is 13.0. The van der Waals surface area contributed by atoms with Crippen molar-refractivity contribution in [3.8, 4) is 11.5 Å². The van der Waals surface area contributed by atoms with Gasteiger partial charge in [0.25, 0.3) is 5.78 Å². The Kier molecular flexibility index (Phi) is 7.11. The highest BCUT2D eigenvalue weighted by molar-refractivity contribution is 7.22. The van der Waals surface area contributed by atoms with Crippen molar-refractivity contribution < 1.29 is 28.6 Å². The SMILES string of the molecule is CCCCOc1ccc(C2/C(=C(\O)c3ccccc3)C(=O)C(=O)N2c2nc3ccc(F)cc3s2)cc1OC. The van der Waals surface area contributed by atoms with Crippen molar-refractivity contribution in [3.63, 3.8) is 0 Å². The number of unbranched alkanes of at least 4 members (excludes halogenated alkanes) is 1. The van der Waals surface area contributed by atoms with Crippen LogP contribution in [0.15, 0.2) is 72.3 Å². The largest absolute Gasteiger partial charge is 0.507 e. The second-order valence-corrected chi connectivity index (χ2v) is 9.77. The number of carbonyl (C=O) groups is 2. The Morgan fingerprint density at radius 2 is 1.87 bits per heavy atom. The van der Waals surface area contributed by atoms with Crippen LogP contribution >= 0.6 is 11.3 Å². The van der Waals surface area contributed by atoms with Crippen LogP contribution < -0.4 is 14.4 Å². The lowest BCUT2D eigenvalue weighted by Crippen LogP contribution is -2.29. The fraction of sp³-hybridized carbons (Fsp3) is 0.207. The van der Waals surface area contributed by atoms with E-state index in [1.54, 1.807) is 48.5 Å². The number of aliphatic hydroxyl groups is 1. The third-order valence-corrected chi connectivity index (χ3v) is 7.31. The maximum absolute atomic E-state index is 13.9. The van der Waals surface area contributed by atoms with Crippen molar-refractivity contribution in [2.45, 2.75) is 25.8 Å². The van der Waals surface area contributed by atoms with Gasteiger partial charge in [-0.3, -0.25) is 14.5 Å². The monoisotopic (exact) mass is 532 g/mol. The van der Waals surface area contributed by atoms with Crippen LogP contribution in [-0.2, 0) is 9.59 Å². The predicted molar refractivity (Wildman–Crippen MR) is 144 cm³/mol. The number of fused-ring (bicyclic) bond motifs is 1. The van der Waals surface area contributed by atoms with Crippen molar-refractivity contribution in [2.75, 3.05) is 18.6 Å². The Labute approximate surface area is 222 Å². The predicted octanol–water partition coefficient (Wildman–Crippen LogP) is 6.25. The molecule has 194 valence electrons. The van der Waals surface area contributed by atoms with Crippen molar-refractivity contribution in [3.05, 3.63) is 89.2 Å². The summed E-state index contributed by atoms with van der Waals surface area (Å²) in [7, 11) is 1.51. The van der Waals surface area contributed by atoms with Crippen molar-refractivity contribution >= 4 is 44.1 Å². The number of aromatic nitrogens is 1. The minimum atomic E-state index is -1.00. The number of anilines is 1. The van der Waals surface area contributed by atoms with Crippen LogP contribution in [0.2, 0.25) is 0 Å². The lowest BCUT2D eigenvalue weighted by atomic mass is 9.95. The van der Waals surface area contributed by atoms with E-state index in [9.17, 15) is 19.1 Å². The number of halogens is 1. The van der Waals surface area contributed by atoms with Crippen molar-refractivity contribution in [2.24, 2.45) is 0 Å². The molecule has 0 aliphatic carbocycles. The number of Topliss-reactive ketones (excluding diaryl/α,β-unsaturated/α-hetero) is 1. The van der Waals surface area contributed by atoms with Gasteiger partial charge < -0.3 is 14.6 Å². The molecule has 38 heavy (non-hydrogen) atoms. The molecule has 1 aliphatic rings. The molecule has 4 aromatic rings. The van der Waals surface area contributed by atoms with Gasteiger partial charge >= 0.3 is 5.91 Å². The molecule has 1 aliphatic heterocycles. The van der Waals surface area contributed by atoms with Crippen molar-refractivity contribution in [1.29, 1.82) is 0 Å². The number of thiazole rings is 1. The second-order valence-electron chi connectivity index (χ2n) is 8.76. The lowest BCUT2D eigenvalue weighted by Gasteiger charge is -2.24.